The van der Waals surface area contributed by atoms with E-state index in [2.05, 4.69) is 17.0 Å². The third-order valence-corrected chi connectivity index (χ3v) is 3.18. The predicted molar refractivity (Wildman–Crippen MR) is 66.1 cm³/mol. The number of fused-ring (bicyclic) bond motifs is 1. The van der Waals surface area contributed by atoms with Crippen molar-refractivity contribution in [1.29, 1.82) is 0 Å². The zero-order valence-electron chi connectivity index (χ0n) is 9.82. The number of nitrogen functional groups attached to an aromatic ring is 1. The van der Waals surface area contributed by atoms with Crippen LogP contribution in [0, 0.1) is 0 Å². The van der Waals surface area contributed by atoms with Gasteiger partial charge in [-0.15, -0.1) is 0 Å². The van der Waals surface area contributed by atoms with Crippen molar-refractivity contribution in [2.24, 2.45) is 0 Å². The van der Waals surface area contributed by atoms with Crippen LogP contribution in [0.1, 0.15) is 24.5 Å². The van der Waals surface area contributed by atoms with Gasteiger partial charge < -0.3 is 10.8 Å². The quantitative estimate of drug-likeness (QED) is 0.757. The van der Waals surface area contributed by atoms with Crippen molar-refractivity contribution in [3.05, 3.63) is 29.3 Å². The van der Waals surface area contributed by atoms with Gasteiger partial charge in [0.15, 0.2) is 0 Å². The van der Waals surface area contributed by atoms with Gasteiger partial charge in [-0.25, -0.2) is 0 Å². The number of rotatable bonds is 3. The summed E-state index contributed by atoms with van der Waals surface area (Å²) >= 11 is 0. The summed E-state index contributed by atoms with van der Waals surface area (Å²) in [6.07, 6.45) is 1.73. The Morgan fingerprint density at radius 2 is 2.25 bits per heavy atom. The maximum atomic E-state index is 9.28. The summed E-state index contributed by atoms with van der Waals surface area (Å²) in [5, 5.41) is 9.28. The Kier molecular flexibility index (Phi) is 3.46. The normalized spacial score (nSPS) is 18.1. The van der Waals surface area contributed by atoms with Crippen LogP contribution >= 0.6 is 0 Å². The van der Waals surface area contributed by atoms with Crippen LogP contribution in [-0.4, -0.2) is 29.2 Å². The van der Waals surface area contributed by atoms with Crippen LogP contribution in [0.5, 0.6) is 0 Å². The Bertz CT molecular complexity index is 363. The highest BCUT2D eigenvalue weighted by atomic mass is 16.3. The molecule has 0 bridgehead atoms. The molecule has 0 aliphatic carbocycles. The van der Waals surface area contributed by atoms with Gasteiger partial charge in [-0.2, -0.15) is 0 Å². The SMILES string of the molecule is CC(O)CCN1CCc2ccc(N)cc2C1. The van der Waals surface area contributed by atoms with E-state index in [9.17, 15) is 5.11 Å². The Morgan fingerprint density at radius 1 is 1.44 bits per heavy atom. The number of hydrogen-bond acceptors (Lipinski definition) is 3. The molecule has 1 aliphatic heterocycles. The van der Waals surface area contributed by atoms with E-state index >= 15 is 0 Å². The second-order valence-corrected chi connectivity index (χ2v) is 4.69. The van der Waals surface area contributed by atoms with Crippen LogP contribution in [0.2, 0.25) is 0 Å². The van der Waals surface area contributed by atoms with Crippen molar-refractivity contribution in [2.45, 2.75) is 32.4 Å². The molecule has 1 atom stereocenters. The number of nitrogens with zero attached hydrogens (tertiary/aromatic N) is 1. The highest BCUT2D eigenvalue weighted by molar-refractivity contribution is 5.45. The molecular weight excluding hydrogens is 200 g/mol. The van der Waals surface area contributed by atoms with Crippen LogP contribution in [0.4, 0.5) is 5.69 Å². The van der Waals surface area contributed by atoms with Gasteiger partial charge in [-0.05, 0) is 43.0 Å². The van der Waals surface area contributed by atoms with Gasteiger partial charge in [0, 0.05) is 25.3 Å². The van der Waals surface area contributed by atoms with E-state index in [4.69, 9.17) is 5.73 Å². The molecule has 1 aliphatic rings. The molecule has 3 heteroatoms. The molecule has 2 rings (SSSR count). The van der Waals surface area contributed by atoms with E-state index in [0.717, 1.165) is 38.2 Å². The van der Waals surface area contributed by atoms with E-state index in [1.54, 1.807) is 0 Å². The van der Waals surface area contributed by atoms with Gasteiger partial charge in [0.25, 0.3) is 0 Å². The smallest absolute Gasteiger partial charge is 0.0524 e. The van der Waals surface area contributed by atoms with Crippen molar-refractivity contribution in [3.63, 3.8) is 0 Å². The fraction of sp³-hybridized carbons (Fsp3) is 0.538. The predicted octanol–water partition coefficient (Wildman–Crippen LogP) is 1.40. The molecule has 0 aromatic heterocycles. The summed E-state index contributed by atoms with van der Waals surface area (Å²) in [5.74, 6) is 0. The first kappa shape index (κ1) is 11.4. The van der Waals surface area contributed by atoms with Crippen LogP contribution in [0.3, 0.4) is 0 Å². The molecule has 0 spiro atoms. The largest absolute Gasteiger partial charge is 0.399 e. The van der Waals surface area contributed by atoms with Crippen molar-refractivity contribution >= 4 is 5.69 Å². The summed E-state index contributed by atoms with van der Waals surface area (Å²) in [4.78, 5) is 2.38. The Balaban J connectivity index is 1.99. The average molecular weight is 220 g/mol. The molecule has 3 nitrogen and oxygen atoms in total. The molecule has 0 radical (unpaired) electrons. The van der Waals surface area contributed by atoms with Gasteiger partial charge in [0.1, 0.15) is 0 Å². The molecule has 0 amide bonds. The lowest BCUT2D eigenvalue weighted by molar-refractivity contribution is 0.151. The van der Waals surface area contributed by atoms with Crippen LogP contribution in [0.25, 0.3) is 0 Å². The maximum absolute atomic E-state index is 9.28. The number of hydrogen-bond donors (Lipinski definition) is 2. The molecule has 0 fully saturated rings. The van der Waals surface area contributed by atoms with Crippen molar-refractivity contribution in [1.82, 2.24) is 4.90 Å². The van der Waals surface area contributed by atoms with Gasteiger partial charge in [-0.1, -0.05) is 6.07 Å². The minimum Gasteiger partial charge on any atom is -0.399 e. The van der Waals surface area contributed by atoms with E-state index in [1.807, 2.05) is 13.0 Å². The summed E-state index contributed by atoms with van der Waals surface area (Å²) in [6, 6.07) is 6.19. The van der Waals surface area contributed by atoms with Gasteiger partial charge in [0.05, 0.1) is 6.10 Å². The topological polar surface area (TPSA) is 49.5 Å². The molecule has 1 aromatic carbocycles. The number of anilines is 1. The summed E-state index contributed by atoms with van der Waals surface area (Å²) in [7, 11) is 0. The van der Waals surface area contributed by atoms with Crippen LogP contribution < -0.4 is 5.73 Å². The average Bonchev–Trinajstić information content (AvgIpc) is 2.25. The molecule has 1 unspecified atom stereocenters. The lowest BCUT2D eigenvalue weighted by atomic mass is 9.99. The van der Waals surface area contributed by atoms with E-state index in [0.29, 0.717) is 0 Å². The summed E-state index contributed by atoms with van der Waals surface area (Å²) in [6.45, 7) is 4.86. The van der Waals surface area contributed by atoms with Gasteiger partial charge in [-0.3, -0.25) is 4.90 Å². The molecule has 0 saturated heterocycles. The number of nitrogens with two attached hydrogens (primary N) is 1. The van der Waals surface area contributed by atoms with Crippen molar-refractivity contribution in [2.75, 3.05) is 18.8 Å². The standard InChI is InChI=1S/C13H20N2O/c1-10(16)4-6-15-7-5-11-2-3-13(14)8-12(11)9-15/h2-3,8,10,16H,4-7,9,14H2,1H3. The summed E-state index contributed by atoms with van der Waals surface area (Å²) in [5.41, 5.74) is 9.40. The molecule has 1 aromatic rings. The highest BCUT2D eigenvalue weighted by Crippen LogP contribution is 2.21. The fourth-order valence-electron chi connectivity index (χ4n) is 2.20. The first-order valence-corrected chi connectivity index (χ1v) is 5.93. The third kappa shape index (κ3) is 2.74. The lowest BCUT2D eigenvalue weighted by Gasteiger charge is -2.29. The first-order chi connectivity index (χ1) is 7.65. The second kappa shape index (κ2) is 4.85. The fourth-order valence-corrected chi connectivity index (χ4v) is 2.20. The highest BCUT2D eigenvalue weighted by Gasteiger charge is 2.16. The minimum absolute atomic E-state index is 0.206. The second-order valence-electron chi connectivity index (χ2n) is 4.69. The zero-order valence-corrected chi connectivity index (χ0v) is 9.82. The Labute approximate surface area is 96.9 Å². The molecule has 16 heavy (non-hydrogen) atoms. The van der Waals surface area contributed by atoms with Crippen molar-refractivity contribution in [3.8, 4) is 0 Å². The molecule has 88 valence electrons. The molecule has 3 N–H and O–H groups in total. The van der Waals surface area contributed by atoms with Gasteiger partial charge >= 0.3 is 0 Å². The monoisotopic (exact) mass is 220 g/mol. The molecular formula is C13H20N2O. The molecule has 1 heterocycles. The Hall–Kier alpha value is -1.06. The maximum Gasteiger partial charge on any atom is 0.0524 e. The number of benzene rings is 1. The van der Waals surface area contributed by atoms with E-state index < -0.39 is 0 Å². The van der Waals surface area contributed by atoms with E-state index in [1.165, 1.54) is 11.1 Å². The number of aliphatic hydroxyl groups excluding tert-OH is 1. The Morgan fingerprint density at radius 3 is 3.00 bits per heavy atom. The van der Waals surface area contributed by atoms with Crippen LogP contribution in [0.15, 0.2) is 18.2 Å². The minimum atomic E-state index is -0.206. The van der Waals surface area contributed by atoms with Crippen molar-refractivity contribution < 1.29 is 5.11 Å². The molecule has 0 saturated carbocycles. The summed E-state index contributed by atoms with van der Waals surface area (Å²) < 4.78 is 0. The zero-order chi connectivity index (χ0) is 11.5. The van der Waals surface area contributed by atoms with Crippen LogP contribution in [-0.2, 0) is 13.0 Å². The third-order valence-electron chi connectivity index (χ3n) is 3.18. The number of aliphatic hydroxyl groups is 1. The van der Waals surface area contributed by atoms with E-state index in [-0.39, 0.29) is 6.10 Å². The van der Waals surface area contributed by atoms with Gasteiger partial charge in [0.2, 0.25) is 0 Å². The first-order valence-electron chi connectivity index (χ1n) is 5.93. The lowest BCUT2D eigenvalue weighted by Crippen LogP contribution is -2.32.